The smallest absolute Gasteiger partial charge is 0.257 e. The van der Waals surface area contributed by atoms with Crippen LogP contribution in [0.3, 0.4) is 0 Å². The topological polar surface area (TPSA) is 79.9 Å². The second kappa shape index (κ2) is 11.9. The summed E-state index contributed by atoms with van der Waals surface area (Å²) in [6.45, 7) is 5.04. The van der Waals surface area contributed by atoms with E-state index in [-0.39, 0.29) is 16.9 Å². The lowest BCUT2D eigenvalue weighted by Gasteiger charge is -2.26. The van der Waals surface area contributed by atoms with Crippen LogP contribution in [0.15, 0.2) is 46.9 Å². The number of hydrogen-bond donors (Lipinski definition) is 2. The lowest BCUT2D eigenvalue weighted by molar-refractivity contribution is 0.0303. The Kier molecular flexibility index (Phi) is 9.01. The molecule has 2 amide bonds. The highest BCUT2D eigenvalue weighted by Gasteiger charge is 2.18. The van der Waals surface area contributed by atoms with Crippen molar-refractivity contribution in [1.82, 2.24) is 10.2 Å². The van der Waals surface area contributed by atoms with Crippen molar-refractivity contribution >= 4 is 50.8 Å². The summed E-state index contributed by atoms with van der Waals surface area (Å²) >= 11 is 8.70. The third-order valence-corrected chi connectivity index (χ3v) is 5.69. The first-order valence-corrected chi connectivity index (χ1v) is 11.7. The van der Waals surface area contributed by atoms with Crippen LogP contribution in [0.4, 0.5) is 5.69 Å². The average Bonchev–Trinajstić information content (AvgIpc) is 2.80. The highest BCUT2D eigenvalue weighted by Crippen LogP contribution is 2.26. The van der Waals surface area contributed by atoms with Crippen molar-refractivity contribution in [3.8, 4) is 5.75 Å². The fraction of sp³-hybridized carbons (Fsp3) is 0.348. The molecule has 1 saturated heterocycles. The van der Waals surface area contributed by atoms with Gasteiger partial charge in [-0.05, 0) is 77.0 Å². The molecule has 32 heavy (non-hydrogen) atoms. The Balaban J connectivity index is 1.53. The summed E-state index contributed by atoms with van der Waals surface area (Å²) in [6, 6.07) is 12.1. The van der Waals surface area contributed by atoms with E-state index >= 15 is 0 Å². The molecule has 2 aromatic rings. The van der Waals surface area contributed by atoms with Crippen molar-refractivity contribution in [1.29, 1.82) is 0 Å². The second-order valence-corrected chi connectivity index (χ2v) is 8.50. The number of hydrogen-bond acceptors (Lipinski definition) is 5. The molecule has 2 aromatic carbocycles. The van der Waals surface area contributed by atoms with E-state index in [2.05, 4.69) is 33.5 Å². The van der Waals surface area contributed by atoms with Crippen LogP contribution in [0.25, 0.3) is 0 Å². The van der Waals surface area contributed by atoms with Crippen molar-refractivity contribution in [3.05, 3.63) is 58.1 Å². The van der Waals surface area contributed by atoms with E-state index in [0.29, 0.717) is 59.9 Å². The molecule has 0 radical (unpaired) electrons. The first-order valence-electron chi connectivity index (χ1n) is 10.5. The maximum atomic E-state index is 12.5. The zero-order chi connectivity index (χ0) is 22.9. The molecular weight excluding hydrogens is 494 g/mol. The minimum absolute atomic E-state index is 0.0246. The molecule has 0 bridgehead atoms. The largest absolute Gasteiger partial charge is 0.492 e. The Morgan fingerprint density at radius 3 is 2.47 bits per heavy atom. The van der Waals surface area contributed by atoms with Gasteiger partial charge in [0.1, 0.15) is 5.75 Å². The number of amides is 2. The molecule has 0 unspecified atom stereocenters. The summed E-state index contributed by atoms with van der Waals surface area (Å²) in [5.74, 6) is 0.341. The van der Waals surface area contributed by atoms with E-state index in [9.17, 15) is 9.59 Å². The average molecular weight is 520 g/mol. The Labute approximate surface area is 201 Å². The zero-order valence-electron chi connectivity index (χ0n) is 17.9. The van der Waals surface area contributed by atoms with Gasteiger partial charge in [0.2, 0.25) is 0 Å². The monoisotopic (exact) mass is 519 g/mol. The summed E-state index contributed by atoms with van der Waals surface area (Å²) in [6.07, 6.45) is 2.02. The molecule has 1 aliphatic heterocycles. The van der Waals surface area contributed by atoms with Crippen LogP contribution in [-0.4, -0.2) is 54.7 Å². The molecular formula is C23H26BrN3O4S. The summed E-state index contributed by atoms with van der Waals surface area (Å²) in [5.41, 5.74) is 1.73. The van der Waals surface area contributed by atoms with E-state index in [4.69, 9.17) is 21.7 Å². The molecule has 1 fully saturated rings. The van der Waals surface area contributed by atoms with Crippen molar-refractivity contribution in [2.75, 3.05) is 38.2 Å². The highest BCUT2D eigenvalue weighted by molar-refractivity contribution is 9.10. The molecule has 2 N–H and O–H groups in total. The minimum Gasteiger partial charge on any atom is -0.492 e. The minimum atomic E-state index is -0.331. The number of rotatable bonds is 7. The standard InChI is InChI=1S/C23H26BrN3O4S/c1-2-3-12-31-20-9-6-17(15-19(20)24)21(28)26-23(32)25-18-7-4-16(5-8-18)22(29)27-10-13-30-14-11-27/h4-9,15H,2-3,10-14H2,1H3,(H2,25,26,28,32). The SMILES string of the molecule is CCCCOc1ccc(C(=O)NC(=S)Nc2ccc(C(=O)N3CCOCC3)cc2)cc1Br. The van der Waals surface area contributed by atoms with Crippen LogP contribution in [0.2, 0.25) is 0 Å². The number of halogens is 1. The van der Waals surface area contributed by atoms with Crippen LogP contribution < -0.4 is 15.4 Å². The molecule has 7 nitrogen and oxygen atoms in total. The third-order valence-electron chi connectivity index (χ3n) is 4.86. The van der Waals surface area contributed by atoms with Crippen LogP contribution in [-0.2, 0) is 4.74 Å². The molecule has 9 heteroatoms. The number of carbonyl (C=O) groups excluding carboxylic acids is 2. The van der Waals surface area contributed by atoms with E-state index in [1.54, 1.807) is 47.4 Å². The van der Waals surface area contributed by atoms with Gasteiger partial charge in [-0.1, -0.05) is 13.3 Å². The Morgan fingerprint density at radius 1 is 1.12 bits per heavy atom. The summed E-state index contributed by atoms with van der Waals surface area (Å²) in [4.78, 5) is 26.8. The fourth-order valence-electron chi connectivity index (χ4n) is 3.07. The molecule has 0 aliphatic carbocycles. The predicted molar refractivity (Wildman–Crippen MR) is 131 cm³/mol. The van der Waals surface area contributed by atoms with Crippen molar-refractivity contribution < 1.29 is 19.1 Å². The summed E-state index contributed by atoms with van der Waals surface area (Å²) < 4.78 is 11.7. The highest BCUT2D eigenvalue weighted by atomic mass is 79.9. The Bertz CT molecular complexity index is 962. The summed E-state index contributed by atoms with van der Waals surface area (Å²) in [7, 11) is 0. The number of thiocarbonyl (C=S) groups is 1. The first-order chi connectivity index (χ1) is 15.5. The molecule has 0 aromatic heterocycles. The Hall–Kier alpha value is -2.49. The zero-order valence-corrected chi connectivity index (χ0v) is 20.3. The number of benzene rings is 2. The number of anilines is 1. The van der Waals surface area contributed by atoms with Crippen LogP contribution in [0.5, 0.6) is 5.75 Å². The van der Waals surface area contributed by atoms with Gasteiger partial charge in [-0.3, -0.25) is 14.9 Å². The molecule has 0 saturated carbocycles. The van der Waals surface area contributed by atoms with Gasteiger partial charge in [0.05, 0.1) is 24.3 Å². The molecule has 3 rings (SSSR count). The van der Waals surface area contributed by atoms with Crippen LogP contribution in [0, 0.1) is 0 Å². The number of nitrogens with one attached hydrogen (secondary N) is 2. The Morgan fingerprint density at radius 2 is 1.81 bits per heavy atom. The van der Waals surface area contributed by atoms with E-state index in [0.717, 1.165) is 12.8 Å². The van der Waals surface area contributed by atoms with Crippen LogP contribution >= 0.6 is 28.1 Å². The van der Waals surface area contributed by atoms with E-state index in [1.165, 1.54) is 0 Å². The predicted octanol–water partition coefficient (Wildman–Crippen LogP) is 4.23. The number of morpholine rings is 1. The van der Waals surface area contributed by atoms with Gasteiger partial charge in [-0.25, -0.2) is 0 Å². The number of carbonyl (C=O) groups is 2. The van der Waals surface area contributed by atoms with Crippen molar-refractivity contribution in [2.24, 2.45) is 0 Å². The van der Waals surface area contributed by atoms with Crippen LogP contribution in [0.1, 0.15) is 40.5 Å². The van der Waals surface area contributed by atoms with Gasteiger partial charge in [0, 0.05) is 29.9 Å². The van der Waals surface area contributed by atoms with Crippen molar-refractivity contribution in [2.45, 2.75) is 19.8 Å². The summed E-state index contributed by atoms with van der Waals surface area (Å²) in [5, 5.41) is 5.80. The molecule has 0 atom stereocenters. The fourth-order valence-corrected chi connectivity index (χ4v) is 3.77. The van der Waals surface area contributed by atoms with Crippen molar-refractivity contribution in [3.63, 3.8) is 0 Å². The normalized spacial score (nSPS) is 13.4. The van der Waals surface area contributed by atoms with Gasteiger partial charge in [-0.2, -0.15) is 0 Å². The maximum Gasteiger partial charge on any atom is 0.257 e. The molecule has 170 valence electrons. The number of nitrogens with zero attached hydrogens (tertiary/aromatic N) is 1. The number of unbranched alkanes of at least 4 members (excludes halogenated alkanes) is 1. The van der Waals surface area contributed by atoms with E-state index in [1.807, 2.05) is 0 Å². The lowest BCUT2D eigenvalue weighted by atomic mass is 10.1. The van der Waals surface area contributed by atoms with Gasteiger partial charge in [0.25, 0.3) is 11.8 Å². The first kappa shape index (κ1) is 24.2. The molecule has 1 heterocycles. The second-order valence-electron chi connectivity index (χ2n) is 7.24. The molecule has 0 spiro atoms. The third kappa shape index (κ3) is 6.75. The van der Waals surface area contributed by atoms with E-state index < -0.39 is 0 Å². The lowest BCUT2D eigenvalue weighted by Crippen LogP contribution is -2.40. The van der Waals surface area contributed by atoms with Gasteiger partial charge in [-0.15, -0.1) is 0 Å². The molecule has 1 aliphatic rings. The maximum absolute atomic E-state index is 12.5. The quantitative estimate of drug-likeness (QED) is 0.421. The van der Waals surface area contributed by atoms with Gasteiger partial charge < -0.3 is 19.7 Å². The van der Waals surface area contributed by atoms with Gasteiger partial charge >= 0.3 is 0 Å². The van der Waals surface area contributed by atoms with Gasteiger partial charge in [0.15, 0.2) is 5.11 Å². The number of ether oxygens (including phenoxy) is 2.